The maximum atomic E-state index is 14.4. The molecule has 1 aromatic carbocycles. The zero-order valence-electron chi connectivity index (χ0n) is 13.3. The fraction of sp³-hybridized carbons (Fsp3) is 0.222. The molecular formula is C18H15F2N3OS. The van der Waals surface area contributed by atoms with Crippen molar-refractivity contribution in [2.24, 2.45) is 0 Å². The third-order valence-electron chi connectivity index (χ3n) is 4.04. The van der Waals surface area contributed by atoms with Gasteiger partial charge in [-0.3, -0.25) is 4.98 Å². The summed E-state index contributed by atoms with van der Waals surface area (Å²) in [4.78, 5) is 11.4. The Hall–Kier alpha value is -2.38. The van der Waals surface area contributed by atoms with Gasteiger partial charge in [-0.25, -0.2) is 13.8 Å². The second-order valence-corrected chi connectivity index (χ2v) is 6.58. The summed E-state index contributed by atoms with van der Waals surface area (Å²) in [5, 5.41) is 0.743. The summed E-state index contributed by atoms with van der Waals surface area (Å²) in [6, 6.07) is 7.50. The molecule has 0 spiro atoms. The number of ether oxygens (including phenoxy) is 1. The number of aromatic nitrogens is 2. The van der Waals surface area contributed by atoms with Crippen LogP contribution in [-0.2, 0) is 4.74 Å². The largest absolute Gasteiger partial charge is 0.378 e. The standard InChI is InChI=1S/C18H15F2N3OS/c19-13-2-1-3-14(20)15(13)16-17(12-4-6-21-7-5-12)25-18(22-16)23-8-10-24-11-9-23/h1-7H,8-11H2. The van der Waals surface area contributed by atoms with Crippen molar-refractivity contribution in [3.05, 3.63) is 54.4 Å². The van der Waals surface area contributed by atoms with Crippen molar-refractivity contribution in [3.63, 3.8) is 0 Å². The van der Waals surface area contributed by atoms with E-state index in [1.165, 1.54) is 29.5 Å². The molecule has 0 saturated carbocycles. The summed E-state index contributed by atoms with van der Waals surface area (Å²) in [5.74, 6) is -1.23. The minimum absolute atomic E-state index is 0.0925. The molecule has 0 amide bonds. The molecular weight excluding hydrogens is 344 g/mol. The molecule has 0 bridgehead atoms. The average molecular weight is 359 g/mol. The normalized spacial score (nSPS) is 14.7. The summed E-state index contributed by atoms with van der Waals surface area (Å²) >= 11 is 1.43. The first-order valence-electron chi connectivity index (χ1n) is 7.92. The molecule has 128 valence electrons. The Morgan fingerprint density at radius 3 is 2.36 bits per heavy atom. The van der Waals surface area contributed by atoms with Crippen molar-refractivity contribution in [1.82, 2.24) is 9.97 Å². The molecule has 1 aliphatic heterocycles. The first-order chi connectivity index (χ1) is 12.2. The van der Waals surface area contributed by atoms with Gasteiger partial charge in [-0.2, -0.15) is 0 Å². The van der Waals surface area contributed by atoms with Crippen molar-refractivity contribution in [1.29, 1.82) is 0 Å². The number of rotatable bonds is 3. The van der Waals surface area contributed by atoms with Crippen LogP contribution in [0.15, 0.2) is 42.7 Å². The highest BCUT2D eigenvalue weighted by Gasteiger charge is 2.24. The van der Waals surface area contributed by atoms with E-state index in [1.54, 1.807) is 12.4 Å². The summed E-state index contributed by atoms with van der Waals surface area (Å²) < 4.78 is 34.1. The van der Waals surface area contributed by atoms with Crippen LogP contribution in [0.5, 0.6) is 0 Å². The van der Waals surface area contributed by atoms with E-state index in [0.29, 0.717) is 32.0 Å². The maximum absolute atomic E-state index is 14.4. The molecule has 4 nitrogen and oxygen atoms in total. The van der Waals surface area contributed by atoms with Crippen LogP contribution >= 0.6 is 11.3 Å². The van der Waals surface area contributed by atoms with Crippen LogP contribution < -0.4 is 4.90 Å². The van der Waals surface area contributed by atoms with Crippen molar-refractivity contribution in [2.45, 2.75) is 0 Å². The quantitative estimate of drug-likeness (QED) is 0.709. The van der Waals surface area contributed by atoms with Crippen molar-refractivity contribution in [3.8, 4) is 21.7 Å². The molecule has 0 atom stereocenters. The second kappa shape index (κ2) is 6.85. The molecule has 1 saturated heterocycles. The van der Waals surface area contributed by atoms with E-state index in [1.807, 2.05) is 12.1 Å². The molecule has 4 rings (SSSR count). The fourth-order valence-electron chi connectivity index (χ4n) is 2.79. The predicted octanol–water partition coefficient (Wildman–Crippen LogP) is 3.99. The number of nitrogens with zero attached hydrogens (tertiary/aromatic N) is 3. The SMILES string of the molecule is Fc1cccc(F)c1-c1nc(N2CCOCC2)sc1-c1ccncc1. The molecule has 1 fully saturated rings. The fourth-order valence-corrected chi connectivity index (χ4v) is 3.92. The van der Waals surface area contributed by atoms with Gasteiger partial charge in [-0.1, -0.05) is 17.4 Å². The smallest absolute Gasteiger partial charge is 0.186 e. The number of pyridine rings is 1. The van der Waals surface area contributed by atoms with Crippen LogP contribution in [0.1, 0.15) is 0 Å². The van der Waals surface area contributed by atoms with Crippen LogP contribution in [-0.4, -0.2) is 36.3 Å². The summed E-state index contributed by atoms with van der Waals surface area (Å²) in [6.45, 7) is 2.66. The lowest BCUT2D eigenvalue weighted by Gasteiger charge is -2.26. The van der Waals surface area contributed by atoms with E-state index in [-0.39, 0.29) is 5.56 Å². The average Bonchev–Trinajstić information content (AvgIpc) is 3.08. The zero-order chi connectivity index (χ0) is 17.2. The summed E-state index contributed by atoms with van der Waals surface area (Å²) in [5.41, 5.74) is 1.07. The Morgan fingerprint density at radius 2 is 1.68 bits per heavy atom. The van der Waals surface area contributed by atoms with Gasteiger partial charge in [0, 0.05) is 25.5 Å². The third kappa shape index (κ3) is 3.12. The van der Waals surface area contributed by atoms with Crippen LogP contribution in [0.4, 0.5) is 13.9 Å². The Balaban J connectivity index is 1.88. The van der Waals surface area contributed by atoms with Crippen molar-refractivity contribution in [2.75, 3.05) is 31.2 Å². The molecule has 2 aromatic heterocycles. The van der Waals surface area contributed by atoms with E-state index >= 15 is 0 Å². The van der Waals surface area contributed by atoms with Gasteiger partial charge >= 0.3 is 0 Å². The zero-order valence-corrected chi connectivity index (χ0v) is 14.1. The lowest BCUT2D eigenvalue weighted by atomic mass is 10.1. The van der Waals surface area contributed by atoms with Gasteiger partial charge in [0.2, 0.25) is 0 Å². The third-order valence-corrected chi connectivity index (χ3v) is 5.20. The van der Waals surface area contributed by atoms with Crippen LogP contribution in [0, 0.1) is 11.6 Å². The van der Waals surface area contributed by atoms with Gasteiger partial charge in [-0.15, -0.1) is 0 Å². The van der Waals surface area contributed by atoms with Crippen LogP contribution in [0.2, 0.25) is 0 Å². The number of thiazole rings is 1. The highest BCUT2D eigenvalue weighted by molar-refractivity contribution is 7.19. The van der Waals surface area contributed by atoms with E-state index in [0.717, 1.165) is 15.6 Å². The number of morpholine rings is 1. The van der Waals surface area contributed by atoms with Gasteiger partial charge in [0.15, 0.2) is 5.13 Å². The van der Waals surface area contributed by atoms with Gasteiger partial charge < -0.3 is 9.64 Å². The Bertz CT molecular complexity index is 859. The van der Waals surface area contributed by atoms with Crippen molar-refractivity contribution < 1.29 is 13.5 Å². The van der Waals surface area contributed by atoms with Crippen molar-refractivity contribution >= 4 is 16.5 Å². The highest BCUT2D eigenvalue weighted by atomic mass is 32.1. The summed E-state index contributed by atoms with van der Waals surface area (Å²) in [6.07, 6.45) is 3.32. The Labute approximate surface area is 147 Å². The van der Waals surface area contributed by atoms with E-state index in [9.17, 15) is 8.78 Å². The van der Waals surface area contributed by atoms with E-state index in [4.69, 9.17) is 4.74 Å². The monoisotopic (exact) mass is 359 g/mol. The number of hydrogen-bond acceptors (Lipinski definition) is 5. The first kappa shape index (κ1) is 16.1. The lowest BCUT2D eigenvalue weighted by molar-refractivity contribution is 0.122. The van der Waals surface area contributed by atoms with E-state index < -0.39 is 11.6 Å². The minimum Gasteiger partial charge on any atom is -0.378 e. The van der Waals surface area contributed by atoms with Gasteiger partial charge in [0.1, 0.15) is 11.6 Å². The topological polar surface area (TPSA) is 38.2 Å². The molecule has 7 heteroatoms. The van der Waals surface area contributed by atoms with Crippen LogP contribution in [0.3, 0.4) is 0 Å². The molecule has 0 aliphatic carbocycles. The Kier molecular flexibility index (Phi) is 4.42. The lowest BCUT2D eigenvalue weighted by Crippen LogP contribution is -2.36. The predicted molar refractivity (Wildman–Crippen MR) is 93.7 cm³/mol. The number of anilines is 1. The number of halogens is 2. The second-order valence-electron chi connectivity index (χ2n) is 5.61. The first-order valence-corrected chi connectivity index (χ1v) is 8.74. The van der Waals surface area contributed by atoms with E-state index in [2.05, 4.69) is 14.9 Å². The molecule has 25 heavy (non-hydrogen) atoms. The molecule has 0 N–H and O–H groups in total. The minimum atomic E-state index is -0.617. The highest BCUT2D eigenvalue weighted by Crippen LogP contribution is 2.41. The molecule has 0 radical (unpaired) electrons. The van der Waals surface area contributed by atoms with Gasteiger partial charge in [-0.05, 0) is 29.8 Å². The summed E-state index contributed by atoms with van der Waals surface area (Å²) in [7, 11) is 0. The molecule has 0 unspecified atom stereocenters. The molecule has 3 aromatic rings. The van der Waals surface area contributed by atoms with Gasteiger partial charge in [0.05, 0.1) is 29.3 Å². The molecule has 1 aliphatic rings. The van der Waals surface area contributed by atoms with Crippen LogP contribution in [0.25, 0.3) is 21.7 Å². The Morgan fingerprint density at radius 1 is 1.00 bits per heavy atom. The number of hydrogen-bond donors (Lipinski definition) is 0. The molecule has 3 heterocycles. The van der Waals surface area contributed by atoms with Gasteiger partial charge in [0.25, 0.3) is 0 Å². The maximum Gasteiger partial charge on any atom is 0.186 e. The number of benzene rings is 1.